The molecule has 0 bridgehead atoms. The van der Waals surface area contributed by atoms with E-state index in [1.54, 1.807) is 12.4 Å². The molecule has 1 saturated carbocycles. The second kappa shape index (κ2) is 19.1. The molecule has 0 radical (unpaired) electrons. The van der Waals surface area contributed by atoms with Crippen molar-refractivity contribution in [2.75, 3.05) is 13.2 Å². The van der Waals surface area contributed by atoms with Gasteiger partial charge in [0.15, 0.2) is 11.6 Å². The van der Waals surface area contributed by atoms with E-state index in [0.717, 1.165) is 54.0 Å². The molecule has 1 fully saturated rings. The van der Waals surface area contributed by atoms with E-state index >= 15 is 0 Å². The second-order valence-corrected chi connectivity index (χ2v) is 11.9. The third-order valence-electron chi connectivity index (χ3n) is 8.50. The number of aryl methyl sites for hydroxylation is 1. The molecule has 3 rings (SSSR count). The molecule has 2 aromatic rings. The lowest BCUT2D eigenvalue weighted by Gasteiger charge is -2.28. The van der Waals surface area contributed by atoms with Crippen molar-refractivity contribution in [2.24, 2.45) is 11.8 Å². The van der Waals surface area contributed by atoms with Crippen molar-refractivity contribution in [3.63, 3.8) is 0 Å². The first-order chi connectivity index (χ1) is 19.2. The van der Waals surface area contributed by atoms with Gasteiger partial charge in [0.05, 0.1) is 25.6 Å². The fourth-order valence-corrected chi connectivity index (χ4v) is 5.87. The number of aromatic nitrogens is 2. The normalized spacial score (nSPS) is 17.3. The van der Waals surface area contributed by atoms with E-state index in [4.69, 9.17) is 9.47 Å². The summed E-state index contributed by atoms with van der Waals surface area (Å²) >= 11 is 0. The molecule has 0 atom stereocenters. The van der Waals surface area contributed by atoms with Crippen molar-refractivity contribution in [1.82, 2.24) is 9.97 Å². The zero-order chi connectivity index (χ0) is 27.5. The van der Waals surface area contributed by atoms with Crippen molar-refractivity contribution in [1.29, 1.82) is 0 Å². The molecule has 0 unspecified atom stereocenters. The molecule has 0 spiro atoms. The number of hydrogen-bond acceptors (Lipinski definition) is 4. The summed E-state index contributed by atoms with van der Waals surface area (Å²) in [5.74, 6) is 4.10. The quantitative estimate of drug-likeness (QED) is 0.158. The summed E-state index contributed by atoms with van der Waals surface area (Å²) in [7, 11) is 0. The first-order valence-electron chi connectivity index (χ1n) is 16.4. The molecule has 0 amide bonds. The van der Waals surface area contributed by atoms with Gasteiger partial charge in [-0.3, -0.25) is 0 Å². The molecule has 1 aromatic heterocycles. The largest absolute Gasteiger partial charge is 0.493 e. The van der Waals surface area contributed by atoms with Crippen LogP contribution in [0.15, 0.2) is 30.6 Å². The molecular weight excluding hydrogens is 480 g/mol. The van der Waals surface area contributed by atoms with Gasteiger partial charge in [-0.1, -0.05) is 110 Å². The monoisotopic (exact) mass is 536 g/mol. The molecule has 1 aliphatic rings. The maximum Gasteiger partial charge on any atom is 0.159 e. The average Bonchev–Trinajstić information content (AvgIpc) is 2.96. The van der Waals surface area contributed by atoms with Gasteiger partial charge in [0, 0.05) is 5.56 Å². The Morgan fingerprint density at radius 3 is 1.90 bits per heavy atom. The van der Waals surface area contributed by atoms with E-state index in [2.05, 4.69) is 48.9 Å². The Hall–Kier alpha value is -2.10. The number of rotatable bonds is 20. The third kappa shape index (κ3) is 12.3. The molecule has 1 aromatic carbocycles. The smallest absolute Gasteiger partial charge is 0.159 e. The van der Waals surface area contributed by atoms with Gasteiger partial charge in [-0.15, -0.1) is 0 Å². The predicted octanol–water partition coefficient (Wildman–Crippen LogP) is 10.5. The SMILES string of the molecule is CCCCCCCCC[C@H]1CC[C@H](COc2ccc(-c3ncc(OCCCCCCCC)cn3)c(C)c2)CC1. The summed E-state index contributed by atoms with van der Waals surface area (Å²) in [4.78, 5) is 9.14. The molecule has 0 saturated heterocycles. The van der Waals surface area contributed by atoms with Crippen LogP contribution in [0.25, 0.3) is 11.4 Å². The van der Waals surface area contributed by atoms with Gasteiger partial charge in [0.1, 0.15) is 5.75 Å². The Bertz CT molecular complexity index is 890. The van der Waals surface area contributed by atoms with Gasteiger partial charge in [-0.05, 0) is 61.8 Å². The minimum Gasteiger partial charge on any atom is -0.493 e. The Kier molecular flexibility index (Phi) is 15.4. The van der Waals surface area contributed by atoms with Gasteiger partial charge in [-0.25, -0.2) is 9.97 Å². The first-order valence-corrected chi connectivity index (χ1v) is 16.4. The van der Waals surface area contributed by atoms with Gasteiger partial charge in [0.2, 0.25) is 0 Å². The van der Waals surface area contributed by atoms with Crippen molar-refractivity contribution >= 4 is 0 Å². The molecule has 1 heterocycles. The predicted molar refractivity (Wildman–Crippen MR) is 165 cm³/mol. The van der Waals surface area contributed by atoms with E-state index in [-0.39, 0.29) is 0 Å². The number of unbranched alkanes of at least 4 members (excludes halogenated alkanes) is 11. The van der Waals surface area contributed by atoms with Gasteiger partial charge >= 0.3 is 0 Å². The molecule has 1 aliphatic carbocycles. The highest BCUT2D eigenvalue weighted by Crippen LogP contribution is 2.33. The van der Waals surface area contributed by atoms with Crippen LogP contribution in [-0.2, 0) is 0 Å². The fourth-order valence-electron chi connectivity index (χ4n) is 5.87. The highest BCUT2D eigenvalue weighted by atomic mass is 16.5. The van der Waals surface area contributed by atoms with Crippen molar-refractivity contribution < 1.29 is 9.47 Å². The molecular formula is C35H56N2O2. The lowest BCUT2D eigenvalue weighted by Crippen LogP contribution is -2.20. The maximum atomic E-state index is 6.24. The van der Waals surface area contributed by atoms with Crippen LogP contribution in [0.4, 0.5) is 0 Å². The van der Waals surface area contributed by atoms with Gasteiger partial charge < -0.3 is 9.47 Å². The minimum atomic E-state index is 0.697. The van der Waals surface area contributed by atoms with Crippen molar-refractivity contribution in [3.05, 3.63) is 36.2 Å². The van der Waals surface area contributed by atoms with Crippen molar-refractivity contribution in [2.45, 2.75) is 136 Å². The van der Waals surface area contributed by atoms with Crippen LogP contribution < -0.4 is 9.47 Å². The number of ether oxygens (including phenoxy) is 2. The number of benzene rings is 1. The maximum absolute atomic E-state index is 6.24. The second-order valence-electron chi connectivity index (χ2n) is 11.9. The lowest BCUT2D eigenvalue weighted by molar-refractivity contribution is 0.177. The molecule has 218 valence electrons. The van der Waals surface area contributed by atoms with Crippen LogP contribution in [0.1, 0.15) is 135 Å². The topological polar surface area (TPSA) is 44.2 Å². The van der Waals surface area contributed by atoms with Crippen molar-refractivity contribution in [3.8, 4) is 22.9 Å². The van der Waals surface area contributed by atoms with E-state index in [9.17, 15) is 0 Å². The summed E-state index contributed by atoms with van der Waals surface area (Å²) in [6, 6.07) is 6.30. The summed E-state index contributed by atoms with van der Waals surface area (Å²) in [5, 5.41) is 0. The number of nitrogens with zero attached hydrogens (tertiary/aromatic N) is 2. The summed E-state index contributed by atoms with van der Waals surface area (Å²) in [6.07, 6.45) is 27.9. The number of hydrogen-bond donors (Lipinski definition) is 0. The van der Waals surface area contributed by atoms with Crippen LogP contribution in [-0.4, -0.2) is 23.2 Å². The highest BCUT2D eigenvalue weighted by molar-refractivity contribution is 5.61. The van der Waals surface area contributed by atoms with Gasteiger partial charge in [0.25, 0.3) is 0 Å². The molecule has 39 heavy (non-hydrogen) atoms. The molecule has 0 aliphatic heterocycles. The van der Waals surface area contributed by atoms with Gasteiger partial charge in [-0.2, -0.15) is 0 Å². The Balaban J connectivity index is 1.32. The molecule has 0 N–H and O–H groups in total. The van der Waals surface area contributed by atoms with E-state index < -0.39 is 0 Å². The third-order valence-corrected chi connectivity index (χ3v) is 8.50. The van der Waals surface area contributed by atoms with Crippen LogP contribution in [0, 0.1) is 18.8 Å². The van der Waals surface area contributed by atoms with Crippen LogP contribution in [0.2, 0.25) is 0 Å². The van der Waals surface area contributed by atoms with E-state index in [1.807, 2.05) is 0 Å². The first kappa shape index (κ1) is 31.4. The Morgan fingerprint density at radius 1 is 0.667 bits per heavy atom. The lowest BCUT2D eigenvalue weighted by atomic mass is 9.80. The summed E-state index contributed by atoms with van der Waals surface area (Å²) in [5.41, 5.74) is 2.20. The highest BCUT2D eigenvalue weighted by Gasteiger charge is 2.21. The van der Waals surface area contributed by atoms with Crippen LogP contribution in [0.5, 0.6) is 11.5 Å². The van der Waals surface area contributed by atoms with Crippen LogP contribution >= 0.6 is 0 Å². The van der Waals surface area contributed by atoms with Crippen LogP contribution in [0.3, 0.4) is 0 Å². The Labute approximate surface area is 239 Å². The summed E-state index contributed by atoms with van der Waals surface area (Å²) < 4.78 is 12.1. The standard InChI is InChI=1S/C35H56N2O2/c1-4-6-8-10-12-13-15-17-30-18-20-31(21-19-30)28-39-32-22-23-34(29(3)25-32)35-36-26-33(27-37-35)38-24-16-14-11-9-7-5-2/h22-23,25-27,30-31H,4-21,24,28H2,1-3H3/t30-,31-. The van der Waals surface area contributed by atoms with E-state index in [0.29, 0.717) is 5.92 Å². The Morgan fingerprint density at radius 2 is 1.26 bits per heavy atom. The zero-order valence-corrected chi connectivity index (χ0v) is 25.4. The minimum absolute atomic E-state index is 0.697. The zero-order valence-electron chi connectivity index (χ0n) is 25.4. The summed E-state index contributed by atoms with van der Waals surface area (Å²) in [6.45, 7) is 8.23. The fraction of sp³-hybridized carbons (Fsp3) is 0.714. The molecule has 4 heteroatoms. The van der Waals surface area contributed by atoms with E-state index in [1.165, 1.54) is 109 Å². The molecule has 4 nitrogen and oxygen atoms in total. The average molecular weight is 537 g/mol.